The summed E-state index contributed by atoms with van der Waals surface area (Å²) in [4.78, 5) is 13.7. The first kappa shape index (κ1) is 12.5. The van der Waals surface area contributed by atoms with Crippen molar-refractivity contribution in [1.29, 1.82) is 0 Å². The van der Waals surface area contributed by atoms with Crippen LogP contribution >= 0.6 is 0 Å². The summed E-state index contributed by atoms with van der Waals surface area (Å²) in [6, 6.07) is 0. The molecule has 0 spiro atoms. The molecular formula is C11H23NO. The first-order chi connectivity index (χ1) is 5.93. The summed E-state index contributed by atoms with van der Waals surface area (Å²) < 4.78 is 0. The van der Waals surface area contributed by atoms with Crippen LogP contribution in [-0.2, 0) is 4.79 Å². The van der Waals surface area contributed by atoms with Crippen molar-refractivity contribution in [2.24, 2.45) is 0 Å². The number of carbonyl (C=O) groups excluding carboxylic acids is 1. The van der Waals surface area contributed by atoms with Gasteiger partial charge in [-0.15, -0.1) is 0 Å². The second-order valence-electron chi connectivity index (χ2n) is 4.47. The minimum Gasteiger partial charge on any atom is -0.338 e. The maximum absolute atomic E-state index is 11.7. The molecule has 0 aliphatic carbocycles. The lowest BCUT2D eigenvalue weighted by Crippen LogP contribution is -2.45. The van der Waals surface area contributed by atoms with Crippen LogP contribution in [0.1, 0.15) is 53.9 Å². The van der Waals surface area contributed by atoms with Crippen molar-refractivity contribution in [3.63, 3.8) is 0 Å². The van der Waals surface area contributed by atoms with Crippen LogP contribution in [0.4, 0.5) is 0 Å². The molecule has 0 atom stereocenters. The Hall–Kier alpha value is -0.530. The highest BCUT2D eigenvalue weighted by Crippen LogP contribution is 2.15. The minimum absolute atomic E-state index is 0.0255. The topological polar surface area (TPSA) is 20.3 Å². The van der Waals surface area contributed by atoms with Crippen molar-refractivity contribution in [3.8, 4) is 0 Å². The van der Waals surface area contributed by atoms with Gasteiger partial charge in [-0.1, -0.05) is 13.8 Å². The van der Waals surface area contributed by atoms with Crippen molar-refractivity contribution >= 4 is 5.91 Å². The SMILES string of the molecule is CCCC(=O)N(CCC)C(C)(C)C. The predicted molar refractivity (Wildman–Crippen MR) is 56.7 cm³/mol. The number of nitrogens with zero attached hydrogens (tertiary/aromatic N) is 1. The van der Waals surface area contributed by atoms with Crippen LogP contribution in [0.15, 0.2) is 0 Å². The Morgan fingerprint density at radius 2 is 1.69 bits per heavy atom. The van der Waals surface area contributed by atoms with E-state index >= 15 is 0 Å². The predicted octanol–water partition coefficient (Wildman–Crippen LogP) is 2.82. The van der Waals surface area contributed by atoms with E-state index in [0.29, 0.717) is 6.42 Å². The first-order valence-electron chi connectivity index (χ1n) is 5.24. The van der Waals surface area contributed by atoms with Gasteiger partial charge in [0.1, 0.15) is 0 Å². The Morgan fingerprint density at radius 1 is 1.15 bits per heavy atom. The van der Waals surface area contributed by atoms with E-state index < -0.39 is 0 Å². The molecular weight excluding hydrogens is 162 g/mol. The first-order valence-corrected chi connectivity index (χ1v) is 5.24. The van der Waals surface area contributed by atoms with E-state index in [1.54, 1.807) is 0 Å². The Labute approximate surface area is 82.3 Å². The molecule has 13 heavy (non-hydrogen) atoms. The number of carbonyl (C=O) groups is 1. The molecule has 0 aromatic heterocycles. The summed E-state index contributed by atoms with van der Waals surface area (Å²) in [5, 5.41) is 0. The molecule has 0 heterocycles. The minimum atomic E-state index is -0.0255. The van der Waals surface area contributed by atoms with Gasteiger partial charge in [-0.25, -0.2) is 0 Å². The third-order valence-electron chi connectivity index (χ3n) is 2.02. The van der Waals surface area contributed by atoms with E-state index in [4.69, 9.17) is 0 Å². The lowest BCUT2D eigenvalue weighted by Gasteiger charge is -2.35. The zero-order valence-electron chi connectivity index (χ0n) is 9.68. The third-order valence-corrected chi connectivity index (χ3v) is 2.02. The summed E-state index contributed by atoms with van der Waals surface area (Å²) in [7, 11) is 0. The summed E-state index contributed by atoms with van der Waals surface area (Å²) in [5.74, 6) is 0.289. The fourth-order valence-corrected chi connectivity index (χ4v) is 1.41. The summed E-state index contributed by atoms with van der Waals surface area (Å²) in [6.45, 7) is 11.3. The van der Waals surface area contributed by atoms with E-state index in [9.17, 15) is 4.79 Å². The average molecular weight is 185 g/mol. The normalized spacial score (nSPS) is 11.5. The molecule has 0 aliphatic heterocycles. The lowest BCUT2D eigenvalue weighted by atomic mass is 10.0. The molecule has 1 amide bonds. The van der Waals surface area contributed by atoms with Crippen LogP contribution in [0.2, 0.25) is 0 Å². The quantitative estimate of drug-likeness (QED) is 0.659. The van der Waals surface area contributed by atoms with E-state index in [1.807, 2.05) is 11.8 Å². The zero-order valence-corrected chi connectivity index (χ0v) is 9.68. The summed E-state index contributed by atoms with van der Waals surface area (Å²) in [6.07, 6.45) is 2.65. The molecule has 2 nitrogen and oxygen atoms in total. The van der Waals surface area contributed by atoms with Crippen LogP contribution in [0.5, 0.6) is 0 Å². The van der Waals surface area contributed by atoms with Gasteiger partial charge in [0.15, 0.2) is 0 Å². The zero-order chi connectivity index (χ0) is 10.5. The van der Waals surface area contributed by atoms with Gasteiger partial charge >= 0.3 is 0 Å². The molecule has 0 saturated carbocycles. The lowest BCUT2D eigenvalue weighted by molar-refractivity contribution is -0.136. The number of rotatable bonds is 4. The monoisotopic (exact) mass is 185 g/mol. The maximum atomic E-state index is 11.7. The van der Waals surface area contributed by atoms with Crippen LogP contribution < -0.4 is 0 Å². The van der Waals surface area contributed by atoms with E-state index in [2.05, 4.69) is 27.7 Å². The molecule has 0 bridgehead atoms. The molecule has 0 unspecified atom stereocenters. The van der Waals surface area contributed by atoms with Crippen molar-refractivity contribution in [3.05, 3.63) is 0 Å². The van der Waals surface area contributed by atoms with Crippen LogP contribution in [0.3, 0.4) is 0 Å². The van der Waals surface area contributed by atoms with Gasteiger partial charge in [0.05, 0.1) is 0 Å². The van der Waals surface area contributed by atoms with E-state index in [0.717, 1.165) is 19.4 Å². The number of hydrogen-bond donors (Lipinski definition) is 0. The molecule has 0 rings (SSSR count). The second kappa shape index (κ2) is 5.25. The molecule has 0 N–H and O–H groups in total. The largest absolute Gasteiger partial charge is 0.338 e. The van der Waals surface area contributed by atoms with Gasteiger partial charge in [0.25, 0.3) is 0 Å². The van der Waals surface area contributed by atoms with E-state index in [-0.39, 0.29) is 11.4 Å². The number of hydrogen-bond acceptors (Lipinski definition) is 1. The van der Waals surface area contributed by atoms with Gasteiger partial charge in [-0.3, -0.25) is 4.79 Å². The van der Waals surface area contributed by atoms with Gasteiger partial charge in [-0.05, 0) is 33.6 Å². The Balaban J connectivity index is 4.33. The molecule has 0 aliphatic rings. The molecule has 0 radical (unpaired) electrons. The fraction of sp³-hybridized carbons (Fsp3) is 0.909. The number of amides is 1. The molecule has 78 valence electrons. The van der Waals surface area contributed by atoms with Crippen molar-refractivity contribution in [2.75, 3.05) is 6.54 Å². The summed E-state index contributed by atoms with van der Waals surface area (Å²) >= 11 is 0. The van der Waals surface area contributed by atoms with Crippen molar-refractivity contribution < 1.29 is 4.79 Å². The average Bonchev–Trinajstić information content (AvgIpc) is 1.98. The molecule has 0 aromatic carbocycles. The molecule has 0 saturated heterocycles. The Kier molecular flexibility index (Phi) is 5.04. The summed E-state index contributed by atoms with van der Waals surface area (Å²) in [5.41, 5.74) is -0.0255. The van der Waals surface area contributed by atoms with Crippen LogP contribution in [0.25, 0.3) is 0 Å². The molecule has 2 heteroatoms. The fourth-order valence-electron chi connectivity index (χ4n) is 1.41. The van der Waals surface area contributed by atoms with E-state index in [1.165, 1.54) is 0 Å². The third kappa shape index (κ3) is 4.30. The smallest absolute Gasteiger partial charge is 0.222 e. The Morgan fingerprint density at radius 3 is 2.00 bits per heavy atom. The van der Waals surface area contributed by atoms with Gasteiger partial charge in [0.2, 0.25) is 5.91 Å². The maximum Gasteiger partial charge on any atom is 0.222 e. The van der Waals surface area contributed by atoms with Crippen molar-refractivity contribution in [1.82, 2.24) is 4.90 Å². The van der Waals surface area contributed by atoms with Gasteiger partial charge < -0.3 is 4.90 Å². The molecule has 0 aromatic rings. The van der Waals surface area contributed by atoms with Crippen LogP contribution in [0, 0.1) is 0 Å². The van der Waals surface area contributed by atoms with Gasteiger partial charge in [-0.2, -0.15) is 0 Å². The highest BCUT2D eigenvalue weighted by molar-refractivity contribution is 5.76. The van der Waals surface area contributed by atoms with Crippen LogP contribution in [-0.4, -0.2) is 22.9 Å². The molecule has 0 fully saturated rings. The standard InChI is InChI=1S/C11H23NO/c1-6-8-10(13)12(9-7-2)11(3,4)5/h6-9H2,1-5H3. The second-order valence-corrected chi connectivity index (χ2v) is 4.47. The Bertz CT molecular complexity index is 158. The van der Waals surface area contributed by atoms with Gasteiger partial charge in [0, 0.05) is 18.5 Å². The highest BCUT2D eigenvalue weighted by Gasteiger charge is 2.24. The highest BCUT2D eigenvalue weighted by atomic mass is 16.2. The van der Waals surface area contributed by atoms with Crippen molar-refractivity contribution in [2.45, 2.75) is 59.4 Å².